The average Bonchev–Trinajstić information content (AvgIpc) is 2.71. The molecule has 5 nitrogen and oxygen atoms in total. The third-order valence-electron chi connectivity index (χ3n) is 2.21. The average molecular weight is 388 g/mol. The molecule has 0 saturated carbocycles. The van der Waals surface area contributed by atoms with Gasteiger partial charge in [-0.15, -0.1) is 5.10 Å². The van der Waals surface area contributed by atoms with Gasteiger partial charge in [-0.2, -0.15) is 15.0 Å². The third kappa shape index (κ3) is 3.16. The summed E-state index contributed by atoms with van der Waals surface area (Å²) in [5, 5.41) is 12.3. The van der Waals surface area contributed by atoms with Crippen molar-refractivity contribution in [3.8, 4) is 0 Å². The number of hydrogen-bond acceptors (Lipinski definition) is 3. The highest BCUT2D eigenvalue weighted by molar-refractivity contribution is 14.1. The number of halogens is 4. The van der Waals surface area contributed by atoms with Crippen LogP contribution in [0, 0.1) is 3.70 Å². The van der Waals surface area contributed by atoms with E-state index in [2.05, 4.69) is 37.9 Å². The van der Waals surface area contributed by atoms with Crippen LogP contribution < -0.4 is 0 Å². The summed E-state index contributed by atoms with van der Waals surface area (Å²) in [4.78, 5) is 1.45. The lowest BCUT2D eigenvalue weighted by molar-refractivity contribution is 0.122. The van der Waals surface area contributed by atoms with Crippen molar-refractivity contribution in [2.24, 2.45) is 7.05 Å². The minimum atomic E-state index is -2.45. The lowest BCUT2D eigenvalue weighted by Crippen LogP contribution is -2.06. The summed E-state index contributed by atoms with van der Waals surface area (Å²) in [6.07, 6.45) is -0.515. The molecule has 0 aromatic carbocycles. The van der Waals surface area contributed by atoms with Crippen molar-refractivity contribution in [1.29, 1.82) is 0 Å². The van der Waals surface area contributed by atoms with Gasteiger partial charge in [0.25, 0.3) is 6.43 Å². The van der Waals surface area contributed by atoms with E-state index in [9.17, 15) is 8.78 Å². The molecule has 2 heterocycles. The molecule has 0 aliphatic heterocycles. The van der Waals surface area contributed by atoms with Gasteiger partial charge in [0, 0.05) is 25.2 Å². The van der Waals surface area contributed by atoms with E-state index in [0.29, 0.717) is 12.0 Å². The molecule has 0 aliphatic rings. The summed E-state index contributed by atoms with van der Waals surface area (Å²) < 4.78 is 26.4. The predicted molar refractivity (Wildman–Crippen MR) is 69.8 cm³/mol. The van der Waals surface area contributed by atoms with E-state index >= 15 is 0 Å². The largest absolute Gasteiger partial charge is 0.265 e. The summed E-state index contributed by atoms with van der Waals surface area (Å²) in [5.74, 6) is 0. The van der Waals surface area contributed by atoms with Crippen molar-refractivity contribution in [2.45, 2.75) is 19.4 Å². The fraction of sp³-hybridized carbons (Fsp3) is 0.444. The first-order chi connectivity index (χ1) is 8.45. The standard InChI is InChI=1S/C9H9ClF2IN5/c1-17-14-6(9(13)16-17)2-5-3-18(4-7(11)12)15-8(5)10/h3,7H,2,4H2,1H3. The molecule has 0 amide bonds. The third-order valence-corrected chi connectivity index (χ3v) is 3.36. The maximum absolute atomic E-state index is 12.2. The number of aromatic nitrogens is 5. The van der Waals surface area contributed by atoms with E-state index in [1.165, 1.54) is 11.0 Å². The number of aryl methyl sites for hydroxylation is 1. The molecule has 0 saturated heterocycles. The van der Waals surface area contributed by atoms with Gasteiger partial charge in [-0.05, 0) is 22.6 Å². The lowest BCUT2D eigenvalue weighted by Gasteiger charge is -1.97. The van der Waals surface area contributed by atoms with Crippen LogP contribution >= 0.6 is 34.2 Å². The van der Waals surface area contributed by atoms with Crippen molar-refractivity contribution < 1.29 is 8.78 Å². The molecule has 2 aromatic heterocycles. The van der Waals surface area contributed by atoms with Crippen LogP contribution in [-0.4, -0.2) is 31.2 Å². The Hall–Kier alpha value is -0.770. The van der Waals surface area contributed by atoms with E-state index in [0.717, 1.165) is 14.1 Å². The Labute approximate surface area is 120 Å². The first-order valence-corrected chi connectivity index (χ1v) is 6.47. The normalized spacial score (nSPS) is 11.4. The van der Waals surface area contributed by atoms with Crippen LogP contribution in [0.1, 0.15) is 11.3 Å². The number of hydrogen-bond donors (Lipinski definition) is 0. The Morgan fingerprint density at radius 1 is 1.39 bits per heavy atom. The second-order valence-electron chi connectivity index (χ2n) is 3.66. The summed E-state index contributed by atoms with van der Waals surface area (Å²) in [6, 6.07) is 0. The minimum absolute atomic E-state index is 0.220. The lowest BCUT2D eigenvalue weighted by atomic mass is 10.2. The van der Waals surface area contributed by atoms with Crippen molar-refractivity contribution in [1.82, 2.24) is 24.8 Å². The van der Waals surface area contributed by atoms with Gasteiger partial charge >= 0.3 is 0 Å². The molecule has 0 unspecified atom stereocenters. The molecule has 0 fully saturated rings. The van der Waals surface area contributed by atoms with Crippen molar-refractivity contribution in [3.63, 3.8) is 0 Å². The van der Waals surface area contributed by atoms with Crippen LogP contribution in [0.15, 0.2) is 6.20 Å². The van der Waals surface area contributed by atoms with Crippen LogP contribution in [0.5, 0.6) is 0 Å². The molecule has 0 radical (unpaired) electrons. The quantitative estimate of drug-likeness (QED) is 0.755. The molecule has 2 rings (SSSR count). The second-order valence-corrected chi connectivity index (χ2v) is 5.04. The molecule has 98 valence electrons. The Kier molecular flexibility index (Phi) is 4.15. The Morgan fingerprint density at radius 2 is 2.11 bits per heavy atom. The van der Waals surface area contributed by atoms with Crippen LogP contribution in [0.3, 0.4) is 0 Å². The van der Waals surface area contributed by atoms with Gasteiger partial charge in [0.1, 0.15) is 15.9 Å². The topological polar surface area (TPSA) is 48.5 Å². The summed E-state index contributed by atoms with van der Waals surface area (Å²) in [6.45, 7) is -0.461. The van der Waals surface area contributed by atoms with Gasteiger partial charge in [0.05, 0.1) is 0 Å². The highest BCUT2D eigenvalue weighted by atomic mass is 127. The molecular formula is C9H9ClF2IN5. The Bertz CT molecular complexity index is 553. The summed E-state index contributed by atoms with van der Waals surface area (Å²) >= 11 is 7.96. The smallest absolute Gasteiger partial charge is 0.257 e. The maximum Gasteiger partial charge on any atom is 0.257 e. The van der Waals surface area contributed by atoms with E-state index in [-0.39, 0.29) is 5.15 Å². The van der Waals surface area contributed by atoms with E-state index in [4.69, 9.17) is 11.6 Å². The van der Waals surface area contributed by atoms with Gasteiger partial charge in [-0.3, -0.25) is 4.68 Å². The molecule has 0 atom stereocenters. The van der Waals surface area contributed by atoms with Crippen LogP contribution in [-0.2, 0) is 20.0 Å². The first kappa shape index (κ1) is 13.7. The predicted octanol–water partition coefficient (Wildman–Crippen LogP) is 2.13. The van der Waals surface area contributed by atoms with Crippen molar-refractivity contribution in [3.05, 3.63) is 26.3 Å². The SMILES string of the molecule is Cn1nc(I)c(Cc2cn(CC(F)F)nc2Cl)n1. The number of rotatable bonds is 4. The van der Waals surface area contributed by atoms with Gasteiger partial charge in [0.2, 0.25) is 0 Å². The molecule has 9 heteroatoms. The molecule has 0 aliphatic carbocycles. The molecule has 0 N–H and O–H groups in total. The zero-order valence-electron chi connectivity index (χ0n) is 9.32. The van der Waals surface area contributed by atoms with Crippen LogP contribution in [0.2, 0.25) is 5.15 Å². The van der Waals surface area contributed by atoms with Gasteiger partial charge in [-0.25, -0.2) is 8.78 Å². The molecule has 18 heavy (non-hydrogen) atoms. The number of alkyl halides is 2. The van der Waals surface area contributed by atoms with Crippen molar-refractivity contribution in [2.75, 3.05) is 0 Å². The Morgan fingerprint density at radius 3 is 2.67 bits per heavy atom. The highest BCUT2D eigenvalue weighted by Gasteiger charge is 2.14. The summed E-state index contributed by atoms with van der Waals surface area (Å²) in [5.41, 5.74) is 1.41. The van der Waals surface area contributed by atoms with E-state index < -0.39 is 13.0 Å². The molecule has 0 spiro atoms. The van der Waals surface area contributed by atoms with E-state index in [1.807, 2.05) is 0 Å². The van der Waals surface area contributed by atoms with Gasteiger partial charge < -0.3 is 0 Å². The van der Waals surface area contributed by atoms with Gasteiger partial charge in [0.15, 0.2) is 5.15 Å². The fourth-order valence-corrected chi connectivity index (χ4v) is 2.33. The molecule has 2 aromatic rings. The van der Waals surface area contributed by atoms with Crippen LogP contribution in [0.25, 0.3) is 0 Å². The molecular weight excluding hydrogens is 378 g/mol. The zero-order chi connectivity index (χ0) is 13.3. The van der Waals surface area contributed by atoms with Gasteiger partial charge in [-0.1, -0.05) is 11.6 Å². The Balaban J connectivity index is 2.19. The summed E-state index contributed by atoms with van der Waals surface area (Å²) in [7, 11) is 1.72. The van der Waals surface area contributed by atoms with Crippen molar-refractivity contribution >= 4 is 34.2 Å². The monoisotopic (exact) mass is 387 g/mol. The zero-order valence-corrected chi connectivity index (χ0v) is 12.2. The maximum atomic E-state index is 12.2. The molecule has 0 bridgehead atoms. The second kappa shape index (κ2) is 5.47. The van der Waals surface area contributed by atoms with Crippen LogP contribution in [0.4, 0.5) is 8.78 Å². The highest BCUT2D eigenvalue weighted by Crippen LogP contribution is 2.19. The minimum Gasteiger partial charge on any atom is -0.265 e. The van der Waals surface area contributed by atoms with E-state index in [1.54, 1.807) is 7.05 Å². The first-order valence-electron chi connectivity index (χ1n) is 5.01. The fourth-order valence-electron chi connectivity index (χ4n) is 1.50. The number of nitrogens with zero attached hydrogens (tertiary/aromatic N) is 5.